The van der Waals surface area contributed by atoms with Crippen molar-refractivity contribution >= 4 is 17.3 Å². The Morgan fingerprint density at radius 3 is 2.82 bits per heavy atom. The molecule has 1 aliphatic rings. The molecule has 2 rings (SSSR count). The van der Waals surface area contributed by atoms with E-state index in [1.807, 2.05) is 18.2 Å². The number of hydrogen-bond donors (Lipinski definition) is 1. The second-order valence-electron chi connectivity index (χ2n) is 5.30. The normalized spacial score (nSPS) is 26.1. The molecular weight excluding hydrogens is 232 g/mol. The maximum Gasteiger partial charge on any atom is 0.0471 e. The summed E-state index contributed by atoms with van der Waals surface area (Å²) in [5.41, 5.74) is 7.63. The minimum absolute atomic E-state index is 0.646. The van der Waals surface area contributed by atoms with Crippen LogP contribution >= 0.6 is 11.6 Å². The highest BCUT2D eigenvalue weighted by Crippen LogP contribution is 2.26. The van der Waals surface area contributed by atoms with Gasteiger partial charge in [-0.25, -0.2) is 0 Å². The molecule has 1 aromatic carbocycles. The number of likely N-dealkylation sites (tertiary alicyclic amines) is 1. The first-order valence-electron chi connectivity index (χ1n) is 6.34. The van der Waals surface area contributed by atoms with Gasteiger partial charge < -0.3 is 5.73 Å². The van der Waals surface area contributed by atoms with Crippen molar-refractivity contribution in [2.75, 3.05) is 12.3 Å². The van der Waals surface area contributed by atoms with E-state index in [1.54, 1.807) is 0 Å². The summed E-state index contributed by atoms with van der Waals surface area (Å²) >= 11 is 6.22. The summed E-state index contributed by atoms with van der Waals surface area (Å²) in [5.74, 6) is 0.850. The van der Waals surface area contributed by atoms with E-state index in [2.05, 4.69) is 18.7 Å². The Morgan fingerprint density at radius 2 is 2.18 bits per heavy atom. The lowest BCUT2D eigenvalue weighted by atomic mass is 9.93. The maximum atomic E-state index is 6.22. The molecule has 94 valence electrons. The lowest BCUT2D eigenvalue weighted by Gasteiger charge is -2.36. The average molecular weight is 253 g/mol. The van der Waals surface area contributed by atoms with Crippen molar-refractivity contribution in [2.24, 2.45) is 5.92 Å². The van der Waals surface area contributed by atoms with Gasteiger partial charge in [0.15, 0.2) is 0 Å². The smallest absolute Gasteiger partial charge is 0.0471 e. The molecule has 3 heteroatoms. The molecule has 0 bridgehead atoms. The van der Waals surface area contributed by atoms with Gasteiger partial charge in [-0.15, -0.1) is 0 Å². The first-order chi connectivity index (χ1) is 8.06. The lowest BCUT2D eigenvalue weighted by Crippen LogP contribution is -2.39. The molecule has 2 unspecified atom stereocenters. The minimum Gasteiger partial charge on any atom is -0.399 e. The molecule has 1 saturated heterocycles. The van der Waals surface area contributed by atoms with Gasteiger partial charge in [0.2, 0.25) is 0 Å². The summed E-state index contributed by atoms with van der Waals surface area (Å²) in [6.45, 7) is 6.75. The van der Waals surface area contributed by atoms with E-state index in [-0.39, 0.29) is 0 Å². The molecular formula is C14H21ClN2. The van der Waals surface area contributed by atoms with Crippen LogP contribution in [0.25, 0.3) is 0 Å². The van der Waals surface area contributed by atoms with Crippen molar-refractivity contribution in [1.29, 1.82) is 0 Å². The molecule has 1 heterocycles. The molecule has 2 N–H and O–H groups in total. The van der Waals surface area contributed by atoms with Gasteiger partial charge in [-0.05, 0) is 49.9 Å². The van der Waals surface area contributed by atoms with Crippen molar-refractivity contribution in [2.45, 2.75) is 39.3 Å². The van der Waals surface area contributed by atoms with Crippen LogP contribution in [0.1, 0.15) is 32.3 Å². The first kappa shape index (κ1) is 12.7. The average Bonchev–Trinajstić information content (AvgIpc) is 2.25. The van der Waals surface area contributed by atoms with Gasteiger partial charge in [0.25, 0.3) is 0 Å². The van der Waals surface area contributed by atoms with Crippen LogP contribution in [-0.4, -0.2) is 17.5 Å². The van der Waals surface area contributed by atoms with Gasteiger partial charge >= 0.3 is 0 Å². The van der Waals surface area contributed by atoms with Crippen LogP contribution < -0.4 is 5.73 Å². The predicted octanol–water partition coefficient (Wildman–Crippen LogP) is 3.54. The van der Waals surface area contributed by atoms with E-state index in [0.29, 0.717) is 6.04 Å². The third kappa shape index (κ3) is 3.14. The minimum atomic E-state index is 0.646. The zero-order valence-corrected chi connectivity index (χ0v) is 11.4. The summed E-state index contributed by atoms with van der Waals surface area (Å²) in [7, 11) is 0. The van der Waals surface area contributed by atoms with Crippen LogP contribution in [0.2, 0.25) is 5.02 Å². The standard InChI is InChI=1S/C14H21ClN2/c1-10-5-6-17(11(2)7-10)9-12-3-4-13(16)8-14(12)15/h3-4,8,10-11H,5-7,9,16H2,1-2H3. The van der Waals surface area contributed by atoms with Crippen LogP contribution in [0.15, 0.2) is 18.2 Å². The second kappa shape index (κ2) is 5.28. The lowest BCUT2D eigenvalue weighted by molar-refractivity contribution is 0.122. The molecule has 17 heavy (non-hydrogen) atoms. The third-order valence-corrected chi connectivity index (χ3v) is 4.08. The Kier molecular flexibility index (Phi) is 3.95. The van der Waals surface area contributed by atoms with E-state index in [0.717, 1.165) is 23.2 Å². The molecule has 2 nitrogen and oxygen atoms in total. The Balaban J connectivity index is 2.05. The zero-order valence-electron chi connectivity index (χ0n) is 10.6. The summed E-state index contributed by atoms with van der Waals surface area (Å²) in [5, 5.41) is 0.788. The summed E-state index contributed by atoms with van der Waals surface area (Å²) in [4.78, 5) is 2.51. The number of benzene rings is 1. The van der Waals surface area contributed by atoms with Gasteiger partial charge in [0, 0.05) is 23.3 Å². The molecule has 1 aliphatic heterocycles. The first-order valence-corrected chi connectivity index (χ1v) is 6.72. The van der Waals surface area contributed by atoms with Crippen molar-refractivity contribution in [3.8, 4) is 0 Å². The highest BCUT2D eigenvalue weighted by Gasteiger charge is 2.23. The zero-order chi connectivity index (χ0) is 12.4. The molecule has 2 atom stereocenters. The van der Waals surface area contributed by atoms with Gasteiger partial charge in [0.05, 0.1) is 0 Å². The predicted molar refractivity (Wildman–Crippen MR) is 74.1 cm³/mol. The fraction of sp³-hybridized carbons (Fsp3) is 0.571. The van der Waals surface area contributed by atoms with Crippen LogP contribution in [0.4, 0.5) is 5.69 Å². The topological polar surface area (TPSA) is 29.3 Å². The molecule has 1 fully saturated rings. The van der Waals surface area contributed by atoms with Crippen LogP contribution in [0.3, 0.4) is 0 Å². The number of nitrogen functional groups attached to an aromatic ring is 1. The highest BCUT2D eigenvalue weighted by atomic mass is 35.5. The summed E-state index contributed by atoms with van der Waals surface area (Å²) in [6.07, 6.45) is 2.57. The van der Waals surface area contributed by atoms with Crippen molar-refractivity contribution < 1.29 is 0 Å². The number of nitrogens with two attached hydrogens (primary N) is 1. The number of hydrogen-bond acceptors (Lipinski definition) is 2. The Hall–Kier alpha value is -0.730. The van der Waals surface area contributed by atoms with E-state index < -0.39 is 0 Å². The van der Waals surface area contributed by atoms with E-state index >= 15 is 0 Å². The monoisotopic (exact) mass is 252 g/mol. The molecule has 0 amide bonds. The molecule has 0 aliphatic carbocycles. The van der Waals surface area contributed by atoms with Crippen molar-refractivity contribution in [3.05, 3.63) is 28.8 Å². The molecule has 0 radical (unpaired) electrons. The van der Waals surface area contributed by atoms with E-state index in [1.165, 1.54) is 24.9 Å². The fourth-order valence-electron chi connectivity index (χ4n) is 2.60. The summed E-state index contributed by atoms with van der Waals surface area (Å²) < 4.78 is 0. The fourth-order valence-corrected chi connectivity index (χ4v) is 2.85. The summed E-state index contributed by atoms with van der Waals surface area (Å²) in [6, 6.07) is 6.46. The van der Waals surface area contributed by atoms with Gasteiger partial charge in [0.1, 0.15) is 0 Å². The quantitative estimate of drug-likeness (QED) is 0.816. The van der Waals surface area contributed by atoms with Crippen LogP contribution in [0, 0.1) is 5.92 Å². The number of piperidine rings is 1. The van der Waals surface area contributed by atoms with Crippen LogP contribution in [0.5, 0.6) is 0 Å². The Bertz CT molecular complexity index is 392. The largest absolute Gasteiger partial charge is 0.399 e. The van der Waals surface area contributed by atoms with E-state index in [9.17, 15) is 0 Å². The number of nitrogens with zero attached hydrogens (tertiary/aromatic N) is 1. The highest BCUT2D eigenvalue weighted by molar-refractivity contribution is 6.31. The molecule has 1 aromatic rings. The van der Waals surface area contributed by atoms with Gasteiger partial charge in [-0.3, -0.25) is 4.90 Å². The Morgan fingerprint density at radius 1 is 1.41 bits per heavy atom. The van der Waals surface area contributed by atoms with Gasteiger partial charge in [-0.2, -0.15) is 0 Å². The van der Waals surface area contributed by atoms with E-state index in [4.69, 9.17) is 17.3 Å². The number of halogens is 1. The van der Waals surface area contributed by atoms with Crippen molar-refractivity contribution in [1.82, 2.24) is 4.90 Å². The SMILES string of the molecule is CC1CCN(Cc2ccc(N)cc2Cl)C(C)C1. The number of anilines is 1. The van der Waals surface area contributed by atoms with Crippen LogP contribution in [-0.2, 0) is 6.54 Å². The number of rotatable bonds is 2. The molecule has 0 spiro atoms. The Labute approximate surface area is 109 Å². The van der Waals surface area contributed by atoms with Gasteiger partial charge in [-0.1, -0.05) is 24.6 Å². The second-order valence-corrected chi connectivity index (χ2v) is 5.71. The third-order valence-electron chi connectivity index (χ3n) is 3.73. The molecule has 0 aromatic heterocycles. The van der Waals surface area contributed by atoms with Crippen molar-refractivity contribution in [3.63, 3.8) is 0 Å². The maximum absolute atomic E-state index is 6.22. The molecule has 0 saturated carbocycles.